The van der Waals surface area contributed by atoms with Crippen LogP contribution in [-0.2, 0) is 11.2 Å². The molecule has 0 spiro atoms. The summed E-state index contributed by atoms with van der Waals surface area (Å²) < 4.78 is 20.4. The molecule has 3 aliphatic carbocycles. The van der Waals surface area contributed by atoms with Gasteiger partial charge in [-0.25, -0.2) is 4.39 Å². The van der Waals surface area contributed by atoms with Crippen molar-refractivity contribution in [2.45, 2.75) is 104 Å². The number of benzene rings is 1. The summed E-state index contributed by atoms with van der Waals surface area (Å²) in [5, 5.41) is 0. The van der Waals surface area contributed by atoms with Gasteiger partial charge in [-0.1, -0.05) is 56.1 Å². The Balaban J connectivity index is 1.28. The number of carbonyl (C=O) groups is 1. The second kappa shape index (κ2) is 13.6. The molecule has 0 heterocycles. The predicted molar refractivity (Wildman–Crippen MR) is 146 cm³/mol. The summed E-state index contributed by atoms with van der Waals surface area (Å²) in [4.78, 5) is 13.2. The molecule has 0 bridgehead atoms. The summed E-state index contributed by atoms with van der Waals surface area (Å²) in [6, 6.07) is 5.06. The first-order valence-corrected chi connectivity index (χ1v) is 14.8. The Hall–Kier alpha value is -1.90. The topological polar surface area (TPSA) is 26.3 Å². The van der Waals surface area contributed by atoms with Gasteiger partial charge in [-0.3, -0.25) is 4.79 Å². The van der Waals surface area contributed by atoms with E-state index in [2.05, 4.69) is 25.2 Å². The smallest absolute Gasteiger partial charge is 0.314 e. The van der Waals surface area contributed by atoms with Crippen LogP contribution in [0.2, 0.25) is 0 Å². The Morgan fingerprint density at radius 2 is 1.67 bits per heavy atom. The van der Waals surface area contributed by atoms with Gasteiger partial charge >= 0.3 is 5.97 Å². The number of carbonyl (C=O) groups excluding carboxylic acids is 1. The summed E-state index contributed by atoms with van der Waals surface area (Å²) in [7, 11) is 0. The molecule has 0 N–H and O–H groups in total. The molecule has 0 saturated heterocycles. The van der Waals surface area contributed by atoms with Crippen LogP contribution in [0.1, 0.15) is 103 Å². The Morgan fingerprint density at radius 1 is 0.917 bits per heavy atom. The molecular formula is C33H47FO2. The first kappa shape index (κ1) is 27.1. The van der Waals surface area contributed by atoms with E-state index in [0.717, 1.165) is 55.4 Å². The molecule has 36 heavy (non-hydrogen) atoms. The number of esters is 1. The summed E-state index contributed by atoms with van der Waals surface area (Å²) in [5.41, 5.74) is 0.938. The average Bonchev–Trinajstić information content (AvgIpc) is 2.90. The Bertz CT molecular complexity index is 895. The van der Waals surface area contributed by atoms with E-state index in [1.807, 2.05) is 19.1 Å². The van der Waals surface area contributed by atoms with Gasteiger partial charge in [0.05, 0.1) is 5.92 Å². The van der Waals surface area contributed by atoms with Gasteiger partial charge in [0, 0.05) is 0 Å². The van der Waals surface area contributed by atoms with Gasteiger partial charge in [0.2, 0.25) is 0 Å². The molecular weight excluding hydrogens is 447 g/mol. The quantitative estimate of drug-likeness (QED) is 0.194. The van der Waals surface area contributed by atoms with Crippen molar-refractivity contribution in [1.29, 1.82) is 0 Å². The molecule has 0 radical (unpaired) electrons. The maximum absolute atomic E-state index is 14.7. The van der Waals surface area contributed by atoms with E-state index in [1.165, 1.54) is 63.9 Å². The van der Waals surface area contributed by atoms with Crippen LogP contribution in [-0.4, -0.2) is 5.97 Å². The minimum absolute atomic E-state index is 0.0687. The van der Waals surface area contributed by atoms with Crippen LogP contribution in [0.3, 0.4) is 0 Å². The molecule has 3 saturated carbocycles. The maximum atomic E-state index is 14.7. The van der Waals surface area contributed by atoms with Gasteiger partial charge in [0.25, 0.3) is 0 Å². The molecule has 4 unspecified atom stereocenters. The highest BCUT2D eigenvalue weighted by Crippen LogP contribution is 2.50. The number of allylic oxidation sites excluding steroid dienone is 4. The fourth-order valence-corrected chi connectivity index (χ4v) is 7.55. The number of aryl methyl sites for hydroxylation is 1. The van der Waals surface area contributed by atoms with Gasteiger partial charge in [0.15, 0.2) is 11.6 Å². The van der Waals surface area contributed by atoms with Crippen molar-refractivity contribution in [3.05, 3.63) is 53.9 Å². The first-order valence-electron chi connectivity index (χ1n) is 14.8. The van der Waals surface area contributed by atoms with E-state index in [0.29, 0.717) is 11.8 Å². The van der Waals surface area contributed by atoms with Crippen LogP contribution >= 0.6 is 0 Å². The number of rotatable bonds is 9. The molecule has 3 heteroatoms. The normalized spacial score (nSPS) is 31.0. The van der Waals surface area contributed by atoms with E-state index < -0.39 is 5.82 Å². The average molecular weight is 495 g/mol. The molecule has 1 aromatic carbocycles. The number of hydrogen-bond acceptors (Lipinski definition) is 2. The highest BCUT2D eigenvalue weighted by Gasteiger charge is 2.43. The molecule has 3 aliphatic rings. The third kappa shape index (κ3) is 7.11. The van der Waals surface area contributed by atoms with Gasteiger partial charge < -0.3 is 4.74 Å². The summed E-state index contributed by atoms with van der Waals surface area (Å²) >= 11 is 0. The highest BCUT2D eigenvalue weighted by atomic mass is 19.1. The SMILES string of the molecule is C/C=C/CCc1ccc(OC(=O)C2CCCC3CC(C4CCC(CC/C=C/C)CC4)CCC32)c(F)c1. The van der Waals surface area contributed by atoms with Gasteiger partial charge in [-0.2, -0.15) is 0 Å². The molecule has 0 aromatic heterocycles. The zero-order valence-electron chi connectivity index (χ0n) is 22.6. The molecule has 198 valence electrons. The third-order valence-electron chi connectivity index (χ3n) is 9.57. The zero-order valence-corrected chi connectivity index (χ0v) is 22.6. The summed E-state index contributed by atoms with van der Waals surface area (Å²) in [6.45, 7) is 4.11. The van der Waals surface area contributed by atoms with Crippen molar-refractivity contribution in [2.75, 3.05) is 0 Å². The van der Waals surface area contributed by atoms with Crippen molar-refractivity contribution in [3.63, 3.8) is 0 Å². The number of ether oxygens (including phenoxy) is 1. The summed E-state index contributed by atoms with van der Waals surface area (Å²) in [5.74, 6) is 3.11. The fraction of sp³-hybridized carbons (Fsp3) is 0.667. The molecule has 4 atom stereocenters. The second-order valence-electron chi connectivity index (χ2n) is 11.8. The predicted octanol–water partition coefficient (Wildman–Crippen LogP) is 9.24. The molecule has 1 aromatic rings. The lowest BCUT2D eigenvalue weighted by Crippen LogP contribution is -2.40. The summed E-state index contributed by atoms with van der Waals surface area (Å²) in [6.07, 6.45) is 25.4. The van der Waals surface area contributed by atoms with Gasteiger partial charge in [0.1, 0.15) is 0 Å². The van der Waals surface area contributed by atoms with Crippen molar-refractivity contribution < 1.29 is 13.9 Å². The zero-order chi connectivity index (χ0) is 25.3. The maximum Gasteiger partial charge on any atom is 0.314 e. The lowest BCUT2D eigenvalue weighted by molar-refractivity contribution is -0.144. The van der Waals surface area contributed by atoms with Crippen LogP contribution in [0.15, 0.2) is 42.5 Å². The second-order valence-corrected chi connectivity index (χ2v) is 11.8. The van der Waals surface area contributed by atoms with Crippen molar-refractivity contribution in [3.8, 4) is 5.75 Å². The lowest BCUT2D eigenvalue weighted by Gasteiger charge is -2.46. The number of fused-ring (bicyclic) bond motifs is 1. The molecule has 3 fully saturated rings. The molecule has 4 rings (SSSR count). The standard InChI is InChI=1S/C33H47FO2/c1-3-5-7-10-24-14-17-26(18-15-24)27-19-20-29-28(23-27)12-9-13-30(29)33(35)36-32-21-16-25(22-31(32)34)11-8-6-4-2/h3-6,16,21-22,24,26-30H,7-15,17-20,23H2,1-2H3/b5-3+,6-4+. The van der Waals surface area contributed by atoms with Gasteiger partial charge in [-0.05, 0) is 125 Å². The minimum atomic E-state index is -0.418. The Labute approximate surface area is 218 Å². The van der Waals surface area contributed by atoms with Crippen LogP contribution in [0.5, 0.6) is 5.75 Å². The van der Waals surface area contributed by atoms with Gasteiger partial charge in [-0.15, -0.1) is 0 Å². The Kier molecular flexibility index (Phi) is 10.2. The van der Waals surface area contributed by atoms with Crippen LogP contribution in [0, 0.1) is 41.3 Å². The number of halogens is 1. The fourth-order valence-electron chi connectivity index (χ4n) is 7.55. The monoisotopic (exact) mass is 494 g/mol. The largest absolute Gasteiger partial charge is 0.423 e. The minimum Gasteiger partial charge on any atom is -0.423 e. The number of hydrogen-bond donors (Lipinski definition) is 0. The van der Waals surface area contributed by atoms with E-state index in [4.69, 9.17) is 4.74 Å². The molecule has 0 amide bonds. The molecule has 2 nitrogen and oxygen atoms in total. The van der Waals surface area contributed by atoms with Crippen molar-refractivity contribution in [2.24, 2.45) is 35.5 Å². The third-order valence-corrected chi connectivity index (χ3v) is 9.57. The molecule has 0 aliphatic heterocycles. The van der Waals surface area contributed by atoms with Crippen LogP contribution in [0.4, 0.5) is 4.39 Å². The Morgan fingerprint density at radius 3 is 2.42 bits per heavy atom. The van der Waals surface area contributed by atoms with E-state index in [9.17, 15) is 9.18 Å². The van der Waals surface area contributed by atoms with E-state index in [-0.39, 0.29) is 17.6 Å². The van der Waals surface area contributed by atoms with E-state index >= 15 is 0 Å². The first-order chi connectivity index (χ1) is 17.6. The van der Waals surface area contributed by atoms with Crippen LogP contribution in [0.25, 0.3) is 0 Å². The van der Waals surface area contributed by atoms with Crippen molar-refractivity contribution in [1.82, 2.24) is 0 Å². The van der Waals surface area contributed by atoms with E-state index in [1.54, 1.807) is 6.07 Å². The highest BCUT2D eigenvalue weighted by molar-refractivity contribution is 5.75. The van der Waals surface area contributed by atoms with Crippen molar-refractivity contribution >= 4 is 5.97 Å². The lowest BCUT2D eigenvalue weighted by atomic mass is 9.59. The van der Waals surface area contributed by atoms with Crippen LogP contribution < -0.4 is 4.74 Å².